The molecule has 118 valence electrons. The Morgan fingerprint density at radius 2 is 2.18 bits per heavy atom. The van der Waals surface area contributed by atoms with Gasteiger partial charge in [0.25, 0.3) is 10.0 Å². The summed E-state index contributed by atoms with van der Waals surface area (Å²) in [6.07, 6.45) is 7.97. The fourth-order valence-corrected chi connectivity index (χ4v) is 3.80. The van der Waals surface area contributed by atoms with E-state index in [0.29, 0.717) is 11.5 Å². The lowest BCUT2D eigenvalue weighted by Gasteiger charge is -2.20. The minimum atomic E-state index is -3.67. The van der Waals surface area contributed by atoms with E-state index in [1.165, 1.54) is 12.5 Å². The second-order valence-corrected chi connectivity index (χ2v) is 7.10. The molecule has 2 aromatic rings. The van der Waals surface area contributed by atoms with E-state index < -0.39 is 10.0 Å². The Kier molecular flexibility index (Phi) is 4.17. The lowest BCUT2D eigenvalue weighted by molar-refractivity contribution is 0.452. The molecule has 22 heavy (non-hydrogen) atoms. The third-order valence-corrected chi connectivity index (χ3v) is 5.24. The number of aromatic nitrogens is 2. The Bertz CT molecular complexity index is 760. The summed E-state index contributed by atoms with van der Waals surface area (Å²) in [5.74, 6) is 0.447. The molecule has 2 heterocycles. The smallest absolute Gasteiger partial charge is 0.274 e. The van der Waals surface area contributed by atoms with Gasteiger partial charge in [-0.15, -0.1) is 0 Å². The van der Waals surface area contributed by atoms with E-state index in [1.807, 2.05) is 6.92 Å². The van der Waals surface area contributed by atoms with Crippen LogP contribution in [-0.2, 0) is 10.0 Å². The lowest BCUT2D eigenvalue weighted by Crippen LogP contribution is -2.34. The van der Waals surface area contributed by atoms with Gasteiger partial charge in [0, 0.05) is 12.2 Å². The van der Waals surface area contributed by atoms with E-state index in [4.69, 9.17) is 4.42 Å². The van der Waals surface area contributed by atoms with Crippen molar-refractivity contribution in [2.75, 3.05) is 0 Å². The highest BCUT2D eigenvalue weighted by molar-refractivity contribution is 7.89. The maximum atomic E-state index is 12.4. The first-order chi connectivity index (χ1) is 10.6. The highest BCUT2D eigenvalue weighted by Crippen LogP contribution is 2.24. The molecule has 0 spiro atoms. The van der Waals surface area contributed by atoms with Gasteiger partial charge < -0.3 is 4.42 Å². The Balaban J connectivity index is 1.77. The van der Waals surface area contributed by atoms with Gasteiger partial charge in [-0.1, -0.05) is 11.6 Å². The van der Waals surface area contributed by atoms with Gasteiger partial charge in [-0.25, -0.2) is 13.1 Å². The molecular weight excluding hydrogens is 302 g/mol. The molecule has 7 heteroatoms. The van der Waals surface area contributed by atoms with Crippen molar-refractivity contribution >= 4 is 10.0 Å². The molecule has 0 fully saturated rings. The van der Waals surface area contributed by atoms with E-state index in [1.54, 1.807) is 18.3 Å². The molecule has 0 aromatic carbocycles. The van der Waals surface area contributed by atoms with Crippen LogP contribution in [0.2, 0.25) is 0 Å². The number of furan rings is 1. The Labute approximate surface area is 129 Å². The van der Waals surface area contributed by atoms with Crippen molar-refractivity contribution in [1.29, 1.82) is 0 Å². The first-order valence-corrected chi connectivity index (χ1v) is 8.85. The molecule has 1 aliphatic carbocycles. The summed E-state index contributed by atoms with van der Waals surface area (Å²) < 4.78 is 32.9. The third kappa shape index (κ3) is 3.15. The molecule has 0 radical (unpaired) electrons. The number of sulfonamides is 1. The molecule has 0 amide bonds. The van der Waals surface area contributed by atoms with Crippen LogP contribution in [0.1, 0.15) is 32.6 Å². The number of rotatable bonds is 5. The minimum absolute atomic E-state index is 0.0830. The van der Waals surface area contributed by atoms with Crippen molar-refractivity contribution in [2.45, 2.75) is 43.7 Å². The summed E-state index contributed by atoms with van der Waals surface area (Å²) in [7, 11) is -3.67. The van der Waals surface area contributed by atoms with Gasteiger partial charge in [0.1, 0.15) is 5.69 Å². The van der Waals surface area contributed by atoms with Crippen LogP contribution < -0.4 is 4.72 Å². The lowest BCUT2D eigenvalue weighted by atomic mass is 9.95. The Hall–Kier alpha value is -1.86. The molecule has 0 saturated heterocycles. The van der Waals surface area contributed by atoms with Crippen molar-refractivity contribution in [3.63, 3.8) is 0 Å². The summed E-state index contributed by atoms with van der Waals surface area (Å²) in [6, 6.07) is 4.58. The van der Waals surface area contributed by atoms with E-state index in [-0.39, 0.29) is 11.1 Å². The molecular formula is C15H19N3O3S. The van der Waals surface area contributed by atoms with Crippen LogP contribution in [0.5, 0.6) is 0 Å². The van der Waals surface area contributed by atoms with Gasteiger partial charge >= 0.3 is 0 Å². The summed E-state index contributed by atoms with van der Waals surface area (Å²) >= 11 is 0. The number of nitrogens with one attached hydrogen (secondary N) is 2. The van der Waals surface area contributed by atoms with E-state index >= 15 is 0 Å². The van der Waals surface area contributed by atoms with Crippen molar-refractivity contribution in [2.24, 2.45) is 0 Å². The molecule has 0 bridgehead atoms. The molecule has 2 N–H and O–H groups in total. The first kappa shape index (κ1) is 15.1. The maximum Gasteiger partial charge on any atom is 0.274 e. The largest absolute Gasteiger partial charge is 0.442 e. The Morgan fingerprint density at radius 3 is 2.86 bits per heavy atom. The molecule has 1 atom stereocenters. The van der Waals surface area contributed by atoms with E-state index in [0.717, 1.165) is 24.8 Å². The summed E-state index contributed by atoms with van der Waals surface area (Å²) in [4.78, 5) is 0. The fourth-order valence-electron chi connectivity index (χ4n) is 2.63. The second-order valence-electron chi connectivity index (χ2n) is 5.46. The highest BCUT2D eigenvalue weighted by Gasteiger charge is 2.24. The molecule has 0 saturated carbocycles. The van der Waals surface area contributed by atoms with Crippen LogP contribution in [0, 0.1) is 0 Å². The zero-order valence-electron chi connectivity index (χ0n) is 12.4. The van der Waals surface area contributed by atoms with Gasteiger partial charge in [-0.2, -0.15) is 5.10 Å². The molecule has 6 nitrogen and oxygen atoms in total. The number of nitrogens with zero attached hydrogens (tertiary/aromatic N) is 1. The van der Waals surface area contributed by atoms with Crippen LogP contribution >= 0.6 is 0 Å². The topological polar surface area (TPSA) is 88.0 Å². The summed E-state index contributed by atoms with van der Waals surface area (Å²) in [5.41, 5.74) is 1.79. The first-order valence-electron chi connectivity index (χ1n) is 7.37. The van der Waals surface area contributed by atoms with E-state index in [9.17, 15) is 8.42 Å². The minimum Gasteiger partial charge on any atom is -0.442 e. The zero-order valence-corrected chi connectivity index (χ0v) is 13.2. The van der Waals surface area contributed by atoms with Crippen LogP contribution in [0.4, 0.5) is 0 Å². The standard InChI is InChI=1S/C15H19N3O3S/c1-11(12-5-3-2-4-6-12)18-22(19,20)15-8-7-14(21-15)13-9-10-16-17-13/h5,7-11,18H,2-4,6H2,1H3,(H,16,17)/t11-/m0/s1. The second kappa shape index (κ2) is 6.10. The average molecular weight is 321 g/mol. The predicted octanol–water partition coefficient (Wildman–Crippen LogP) is 2.84. The molecule has 3 rings (SSSR count). The zero-order chi connectivity index (χ0) is 15.6. The number of H-pyrrole nitrogens is 1. The van der Waals surface area contributed by atoms with Gasteiger partial charge in [0.2, 0.25) is 5.09 Å². The molecule has 1 aliphatic rings. The SMILES string of the molecule is C[C@H](NS(=O)(=O)c1ccc(-c2ccn[nH]2)o1)C1=CCCCC1. The molecule has 0 unspecified atom stereocenters. The van der Waals surface area contributed by atoms with Crippen molar-refractivity contribution in [3.05, 3.63) is 36.0 Å². The average Bonchev–Trinajstić information content (AvgIpc) is 3.19. The van der Waals surface area contributed by atoms with Crippen LogP contribution in [0.25, 0.3) is 11.5 Å². The van der Waals surface area contributed by atoms with Gasteiger partial charge in [-0.3, -0.25) is 5.10 Å². The summed E-state index contributed by atoms with van der Waals surface area (Å²) in [6.45, 7) is 1.87. The van der Waals surface area contributed by atoms with Crippen LogP contribution in [0.15, 0.2) is 45.6 Å². The molecule has 0 aliphatic heterocycles. The molecule has 2 aromatic heterocycles. The van der Waals surface area contributed by atoms with E-state index in [2.05, 4.69) is 21.0 Å². The van der Waals surface area contributed by atoms with Gasteiger partial charge in [-0.05, 0) is 50.8 Å². The number of aromatic amines is 1. The maximum absolute atomic E-state index is 12.4. The quantitative estimate of drug-likeness (QED) is 0.829. The highest BCUT2D eigenvalue weighted by atomic mass is 32.2. The summed E-state index contributed by atoms with van der Waals surface area (Å²) in [5, 5.41) is 6.48. The van der Waals surface area contributed by atoms with Gasteiger partial charge in [0.15, 0.2) is 5.76 Å². The van der Waals surface area contributed by atoms with Gasteiger partial charge in [0.05, 0.1) is 0 Å². The van der Waals surface area contributed by atoms with Crippen LogP contribution in [0.3, 0.4) is 0 Å². The third-order valence-electron chi connectivity index (χ3n) is 3.83. The van der Waals surface area contributed by atoms with Crippen LogP contribution in [-0.4, -0.2) is 24.7 Å². The van der Waals surface area contributed by atoms with Crippen molar-refractivity contribution in [3.8, 4) is 11.5 Å². The monoisotopic (exact) mass is 321 g/mol. The van der Waals surface area contributed by atoms with Crippen molar-refractivity contribution in [1.82, 2.24) is 14.9 Å². The fraction of sp³-hybridized carbons (Fsp3) is 0.400. The predicted molar refractivity (Wildman–Crippen MR) is 82.6 cm³/mol. The Morgan fingerprint density at radius 1 is 1.32 bits per heavy atom. The number of hydrogen-bond acceptors (Lipinski definition) is 4. The number of allylic oxidation sites excluding steroid dienone is 1. The number of hydrogen-bond donors (Lipinski definition) is 2. The normalized spacial score (nSPS) is 17.2. The van der Waals surface area contributed by atoms with Crippen molar-refractivity contribution < 1.29 is 12.8 Å².